The van der Waals surface area contributed by atoms with Crippen LogP contribution in [0, 0.1) is 6.92 Å². The third kappa shape index (κ3) is 6.93. The summed E-state index contributed by atoms with van der Waals surface area (Å²) >= 11 is 0. The number of aryl methyl sites for hydroxylation is 1. The molecule has 0 bridgehead atoms. The van der Waals surface area contributed by atoms with Crippen molar-refractivity contribution in [2.75, 3.05) is 13.2 Å². The van der Waals surface area contributed by atoms with Crippen LogP contribution in [0.5, 0.6) is 0 Å². The molecule has 2 unspecified atom stereocenters. The van der Waals surface area contributed by atoms with Crippen molar-refractivity contribution in [3.8, 4) is 0 Å². The standard InChI is InChI=1S/C21H33NO9/c1-3-14(24)17(26)13(22-16(25)8-12-6-4-11(2)5-7-12)10-30-21-20(29)19(28)18(27)15(9-23)31-21/h4-7,13-15,17-21,23-24,26-29H,3,8-10H2,1-2H3,(H,22,25)/t13-,14+,15?,17-,18+,19?,20-,21-/m0/s1. The molecule has 0 radical (unpaired) electrons. The maximum absolute atomic E-state index is 12.5. The normalized spacial score (nSPS) is 29.2. The van der Waals surface area contributed by atoms with E-state index in [1.807, 2.05) is 31.2 Å². The van der Waals surface area contributed by atoms with Gasteiger partial charge in [-0.05, 0) is 18.9 Å². The van der Waals surface area contributed by atoms with E-state index in [0.717, 1.165) is 11.1 Å². The molecule has 1 saturated heterocycles. The topological polar surface area (TPSA) is 169 Å². The number of amides is 1. The fourth-order valence-electron chi connectivity index (χ4n) is 3.29. The lowest BCUT2D eigenvalue weighted by Gasteiger charge is -2.40. The monoisotopic (exact) mass is 443 g/mol. The Labute approximate surface area is 181 Å². The number of aliphatic hydroxyl groups is 6. The van der Waals surface area contributed by atoms with Crippen LogP contribution < -0.4 is 5.32 Å². The van der Waals surface area contributed by atoms with Crippen molar-refractivity contribution < 1.29 is 44.9 Å². The lowest BCUT2D eigenvalue weighted by atomic mass is 9.99. The van der Waals surface area contributed by atoms with Crippen molar-refractivity contribution in [3.05, 3.63) is 35.4 Å². The van der Waals surface area contributed by atoms with Gasteiger partial charge in [0.1, 0.15) is 30.5 Å². The van der Waals surface area contributed by atoms with Crippen LogP contribution in [-0.2, 0) is 20.7 Å². The summed E-state index contributed by atoms with van der Waals surface area (Å²) in [6.07, 6.45) is -9.55. The van der Waals surface area contributed by atoms with Crippen LogP contribution in [0.2, 0.25) is 0 Å². The summed E-state index contributed by atoms with van der Waals surface area (Å²) in [6.45, 7) is 2.62. The van der Waals surface area contributed by atoms with Crippen LogP contribution in [-0.4, -0.2) is 98.7 Å². The van der Waals surface area contributed by atoms with Gasteiger partial charge in [0.25, 0.3) is 0 Å². The Kier molecular flexibility index (Phi) is 9.79. The fourth-order valence-corrected chi connectivity index (χ4v) is 3.29. The van der Waals surface area contributed by atoms with Gasteiger partial charge in [-0.15, -0.1) is 0 Å². The van der Waals surface area contributed by atoms with E-state index >= 15 is 0 Å². The fraction of sp³-hybridized carbons (Fsp3) is 0.667. The first-order valence-electron chi connectivity index (χ1n) is 10.3. The number of benzene rings is 1. The Balaban J connectivity index is 2.03. The molecular formula is C21H33NO9. The van der Waals surface area contributed by atoms with Gasteiger partial charge in [-0.2, -0.15) is 0 Å². The summed E-state index contributed by atoms with van der Waals surface area (Å²) in [5.74, 6) is -0.409. The van der Waals surface area contributed by atoms with Gasteiger partial charge in [-0.25, -0.2) is 0 Å². The van der Waals surface area contributed by atoms with Crippen LogP contribution in [0.25, 0.3) is 0 Å². The molecule has 0 aliphatic carbocycles. The zero-order valence-electron chi connectivity index (χ0n) is 17.7. The summed E-state index contributed by atoms with van der Waals surface area (Å²) in [6, 6.07) is 6.33. The van der Waals surface area contributed by atoms with Crippen LogP contribution >= 0.6 is 0 Å². The second-order valence-electron chi connectivity index (χ2n) is 7.83. The molecule has 0 saturated carbocycles. The van der Waals surface area contributed by atoms with Crippen LogP contribution in [0.1, 0.15) is 24.5 Å². The number of hydrogen-bond acceptors (Lipinski definition) is 9. The van der Waals surface area contributed by atoms with Gasteiger partial charge in [0, 0.05) is 0 Å². The van der Waals surface area contributed by atoms with Crippen LogP contribution in [0.3, 0.4) is 0 Å². The van der Waals surface area contributed by atoms with Gasteiger partial charge in [0.15, 0.2) is 6.29 Å². The van der Waals surface area contributed by atoms with E-state index in [1.165, 1.54) is 0 Å². The first kappa shape index (κ1) is 25.6. The average molecular weight is 443 g/mol. The number of nitrogens with one attached hydrogen (secondary N) is 1. The first-order chi connectivity index (χ1) is 14.7. The predicted octanol–water partition coefficient (Wildman–Crippen LogP) is -2.03. The maximum atomic E-state index is 12.5. The molecule has 1 amide bonds. The number of carbonyl (C=O) groups is 1. The van der Waals surface area contributed by atoms with Crippen LogP contribution in [0.15, 0.2) is 24.3 Å². The molecule has 31 heavy (non-hydrogen) atoms. The molecule has 1 aliphatic rings. The molecule has 176 valence electrons. The highest BCUT2D eigenvalue weighted by Gasteiger charge is 2.44. The number of carbonyl (C=O) groups excluding carboxylic acids is 1. The van der Waals surface area contributed by atoms with Gasteiger partial charge < -0.3 is 45.4 Å². The largest absolute Gasteiger partial charge is 0.394 e. The van der Waals surface area contributed by atoms with E-state index in [4.69, 9.17) is 9.47 Å². The van der Waals surface area contributed by atoms with E-state index < -0.39 is 61.5 Å². The summed E-state index contributed by atoms with van der Waals surface area (Å²) in [7, 11) is 0. The Hall–Kier alpha value is -1.63. The van der Waals surface area contributed by atoms with E-state index in [1.54, 1.807) is 6.92 Å². The molecule has 8 atom stereocenters. The lowest BCUT2D eigenvalue weighted by molar-refractivity contribution is -0.303. The van der Waals surface area contributed by atoms with Gasteiger partial charge in [0.05, 0.1) is 31.8 Å². The lowest BCUT2D eigenvalue weighted by Crippen LogP contribution is -2.60. The van der Waals surface area contributed by atoms with Crippen molar-refractivity contribution in [2.45, 2.75) is 75.6 Å². The number of hydrogen-bond donors (Lipinski definition) is 7. The van der Waals surface area contributed by atoms with Crippen molar-refractivity contribution in [1.82, 2.24) is 5.32 Å². The molecule has 10 nitrogen and oxygen atoms in total. The van der Waals surface area contributed by atoms with Crippen LogP contribution in [0.4, 0.5) is 0 Å². The first-order valence-corrected chi connectivity index (χ1v) is 10.3. The van der Waals surface area contributed by atoms with Crippen molar-refractivity contribution in [2.24, 2.45) is 0 Å². The Morgan fingerprint density at radius 2 is 1.77 bits per heavy atom. The number of rotatable bonds is 10. The van der Waals surface area contributed by atoms with E-state index in [-0.39, 0.29) is 19.4 Å². The summed E-state index contributed by atoms with van der Waals surface area (Å²) in [5, 5.41) is 62.2. The molecule has 1 aliphatic heterocycles. The number of aliphatic hydroxyl groups excluding tert-OH is 6. The molecule has 0 aromatic heterocycles. The Morgan fingerprint density at radius 1 is 1.13 bits per heavy atom. The molecule has 7 N–H and O–H groups in total. The minimum absolute atomic E-state index is 0.0474. The predicted molar refractivity (Wildman–Crippen MR) is 109 cm³/mol. The molecule has 1 aromatic carbocycles. The quantitative estimate of drug-likeness (QED) is 0.216. The minimum Gasteiger partial charge on any atom is -0.394 e. The van der Waals surface area contributed by atoms with E-state index in [2.05, 4.69) is 5.32 Å². The average Bonchev–Trinajstić information content (AvgIpc) is 2.76. The highest BCUT2D eigenvalue weighted by atomic mass is 16.7. The van der Waals surface area contributed by atoms with Gasteiger partial charge in [-0.1, -0.05) is 36.8 Å². The highest BCUT2D eigenvalue weighted by Crippen LogP contribution is 2.22. The van der Waals surface area contributed by atoms with Gasteiger partial charge in [0.2, 0.25) is 5.91 Å². The molecule has 2 rings (SSSR count). The van der Waals surface area contributed by atoms with E-state index in [9.17, 15) is 35.4 Å². The summed E-state index contributed by atoms with van der Waals surface area (Å²) in [4.78, 5) is 12.5. The third-order valence-electron chi connectivity index (χ3n) is 5.34. The molecular weight excluding hydrogens is 410 g/mol. The molecule has 1 heterocycles. The Morgan fingerprint density at radius 3 is 2.35 bits per heavy atom. The SMILES string of the molecule is CC[C@@H](O)[C@@H](O)[C@H](CO[C@H]1OC(CO)[C@@H](O)C(O)[C@@H]1O)NC(=O)Cc1ccc(C)cc1. The van der Waals surface area contributed by atoms with Crippen molar-refractivity contribution in [1.29, 1.82) is 0 Å². The molecule has 1 fully saturated rings. The summed E-state index contributed by atoms with van der Waals surface area (Å²) < 4.78 is 10.7. The zero-order chi connectivity index (χ0) is 23.1. The minimum atomic E-state index is -1.62. The second kappa shape index (κ2) is 11.8. The zero-order valence-corrected chi connectivity index (χ0v) is 17.7. The highest BCUT2D eigenvalue weighted by molar-refractivity contribution is 5.79. The van der Waals surface area contributed by atoms with Gasteiger partial charge in [-0.3, -0.25) is 4.79 Å². The molecule has 1 aromatic rings. The van der Waals surface area contributed by atoms with Gasteiger partial charge >= 0.3 is 0 Å². The second-order valence-corrected chi connectivity index (χ2v) is 7.83. The van der Waals surface area contributed by atoms with E-state index in [0.29, 0.717) is 0 Å². The Bertz CT molecular complexity index is 684. The molecule has 0 spiro atoms. The maximum Gasteiger partial charge on any atom is 0.224 e. The molecule has 10 heteroatoms. The smallest absolute Gasteiger partial charge is 0.224 e. The van der Waals surface area contributed by atoms with Crippen molar-refractivity contribution in [3.63, 3.8) is 0 Å². The van der Waals surface area contributed by atoms with Crippen molar-refractivity contribution >= 4 is 5.91 Å². The number of ether oxygens (including phenoxy) is 2. The third-order valence-corrected chi connectivity index (χ3v) is 5.34. The summed E-state index contributed by atoms with van der Waals surface area (Å²) in [5.41, 5.74) is 1.82.